The molecule has 2 aliphatic rings. The molecule has 0 heterocycles. The van der Waals surface area contributed by atoms with Gasteiger partial charge in [-0.05, 0) is 77.3 Å². The van der Waals surface area contributed by atoms with E-state index < -0.39 is 5.60 Å². The van der Waals surface area contributed by atoms with Gasteiger partial charge in [0.05, 0.1) is 0 Å². The summed E-state index contributed by atoms with van der Waals surface area (Å²) in [6.45, 7) is 6.89. The van der Waals surface area contributed by atoms with Crippen molar-refractivity contribution in [3.8, 4) is 0 Å². The van der Waals surface area contributed by atoms with Crippen LogP contribution < -0.4 is 10.2 Å². The van der Waals surface area contributed by atoms with Crippen molar-refractivity contribution < 1.29 is 9.53 Å². The Morgan fingerprint density at radius 2 is 1.72 bits per heavy atom. The van der Waals surface area contributed by atoms with Crippen LogP contribution in [0.2, 0.25) is 0 Å². The molecule has 0 aliphatic heterocycles. The van der Waals surface area contributed by atoms with E-state index in [4.69, 9.17) is 4.74 Å². The number of nitrogens with one attached hydrogen (secondary N) is 1. The second kappa shape index (κ2) is 7.67. The molecule has 2 fully saturated rings. The van der Waals surface area contributed by atoms with Gasteiger partial charge in [0.1, 0.15) is 5.60 Å². The number of alkyl carbamates (subject to hydrolysis) is 1. The van der Waals surface area contributed by atoms with E-state index in [1.165, 1.54) is 25.1 Å². The fraction of sp³-hybridized carbons (Fsp3) is 0.667. The van der Waals surface area contributed by atoms with E-state index in [2.05, 4.69) is 40.5 Å². The zero-order chi connectivity index (χ0) is 17.9. The van der Waals surface area contributed by atoms with Crippen molar-refractivity contribution in [3.63, 3.8) is 0 Å². The number of carbonyl (C=O) groups is 1. The number of ether oxygens (including phenoxy) is 1. The number of benzene rings is 1. The Morgan fingerprint density at radius 3 is 2.28 bits per heavy atom. The van der Waals surface area contributed by atoms with Crippen LogP contribution in [0.15, 0.2) is 30.3 Å². The molecule has 2 aliphatic carbocycles. The third kappa shape index (κ3) is 5.65. The normalized spacial score (nSPS) is 23.8. The molecule has 138 valence electrons. The summed E-state index contributed by atoms with van der Waals surface area (Å²) in [5, 5.41) is 3.05. The Kier molecular flexibility index (Phi) is 5.55. The number of anilines is 1. The lowest BCUT2D eigenvalue weighted by Crippen LogP contribution is -2.45. The van der Waals surface area contributed by atoms with Gasteiger partial charge in [0.15, 0.2) is 0 Å². The van der Waals surface area contributed by atoms with Gasteiger partial charge in [0.2, 0.25) is 0 Å². The molecule has 0 unspecified atom stereocenters. The Morgan fingerprint density at radius 1 is 1.08 bits per heavy atom. The van der Waals surface area contributed by atoms with Gasteiger partial charge in [0, 0.05) is 24.3 Å². The van der Waals surface area contributed by atoms with Crippen molar-refractivity contribution in [1.29, 1.82) is 0 Å². The molecule has 1 N–H and O–H groups in total. The highest BCUT2D eigenvalue weighted by Crippen LogP contribution is 2.35. The Labute approximate surface area is 151 Å². The molecule has 0 aromatic heterocycles. The van der Waals surface area contributed by atoms with Crippen LogP contribution in [0.5, 0.6) is 0 Å². The minimum Gasteiger partial charge on any atom is -0.444 e. The fourth-order valence-electron chi connectivity index (χ4n) is 3.67. The van der Waals surface area contributed by atoms with Crippen LogP contribution in [0.25, 0.3) is 0 Å². The second-order valence-electron chi connectivity index (χ2n) is 8.58. The van der Waals surface area contributed by atoms with Crippen molar-refractivity contribution in [3.05, 3.63) is 30.3 Å². The van der Waals surface area contributed by atoms with Crippen LogP contribution in [0, 0.1) is 5.92 Å². The molecule has 25 heavy (non-hydrogen) atoms. The van der Waals surface area contributed by atoms with Crippen LogP contribution in [0.4, 0.5) is 10.5 Å². The molecule has 0 atom stereocenters. The van der Waals surface area contributed by atoms with Gasteiger partial charge in [-0.1, -0.05) is 18.2 Å². The zero-order valence-corrected chi connectivity index (χ0v) is 15.8. The molecule has 2 saturated carbocycles. The Balaban J connectivity index is 1.53. The minimum absolute atomic E-state index is 0.240. The number of para-hydroxylation sites is 1. The monoisotopic (exact) mass is 344 g/mol. The number of hydrogen-bond acceptors (Lipinski definition) is 3. The third-order valence-corrected chi connectivity index (χ3v) is 5.10. The van der Waals surface area contributed by atoms with Gasteiger partial charge < -0.3 is 15.0 Å². The van der Waals surface area contributed by atoms with Crippen molar-refractivity contribution in [2.75, 3.05) is 11.4 Å². The van der Waals surface area contributed by atoms with Gasteiger partial charge >= 0.3 is 6.09 Å². The molecule has 1 aromatic rings. The van der Waals surface area contributed by atoms with Gasteiger partial charge in [-0.2, -0.15) is 0 Å². The smallest absolute Gasteiger partial charge is 0.407 e. The number of amides is 1. The average molecular weight is 344 g/mol. The molecule has 1 amide bonds. The minimum atomic E-state index is -0.435. The maximum Gasteiger partial charge on any atom is 0.407 e. The molecular formula is C21H32N2O2. The lowest BCUT2D eigenvalue weighted by atomic mass is 9.89. The molecule has 0 radical (unpaired) electrons. The zero-order valence-electron chi connectivity index (χ0n) is 15.8. The first-order valence-electron chi connectivity index (χ1n) is 9.72. The van der Waals surface area contributed by atoms with Crippen molar-refractivity contribution >= 4 is 11.8 Å². The van der Waals surface area contributed by atoms with Crippen molar-refractivity contribution in [1.82, 2.24) is 5.32 Å². The molecule has 0 bridgehead atoms. The summed E-state index contributed by atoms with van der Waals surface area (Å²) in [6.07, 6.45) is 6.77. The number of nitrogens with zero attached hydrogens (tertiary/aromatic N) is 1. The molecule has 4 heteroatoms. The lowest BCUT2D eigenvalue weighted by molar-refractivity contribution is 0.0491. The largest absolute Gasteiger partial charge is 0.444 e. The molecule has 1 aromatic carbocycles. The predicted octanol–water partition coefficient (Wildman–Crippen LogP) is 4.74. The second-order valence-corrected chi connectivity index (χ2v) is 8.58. The van der Waals surface area contributed by atoms with Gasteiger partial charge in [-0.25, -0.2) is 4.79 Å². The summed E-state index contributed by atoms with van der Waals surface area (Å²) in [6, 6.07) is 11.6. The van der Waals surface area contributed by atoms with Crippen molar-refractivity contribution in [2.45, 2.75) is 77.0 Å². The van der Waals surface area contributed by atoms with Crippen LogP contribution in [0.1, 0.15) is 59.3 Å². The number of rotatable bonds is 5. The summed E-state index contributed by atoms with van der Waals surface area (Å²) in [5.74, 6) is 0.873. The van der Waals surface area contributed by atoms with Gasteiger partial charge in [0.25, 0.3) is 0 Å². The summed E-state index contributed by atoms with van der Waals surface area (Å²) < 4.78 is 5.38. The van der Waals surface area contributed by atoms with Crippen LogP contribution in [-0.4, -0.2) is 30.3 Å². The van der Waals surface area contributed by atoms with Gasteiger partial charge in [-0.3, -0.25) is 0 Å². The highest BCUT2D eigenvalue weighted by Gasteiger charge is 2.31. The first-order chi connectivity index (χ1) is 11.9. The topological polar surface area (TPSA) is 41.6 Å². The SMILES string of the molecule is CC(C)(C)OC(=O)N[C@H]1CC[C@@H](N(CC2CC2)c2ccccc2)CC1. The predicted molar refractivity (Wildman–Crippen MR) is 102 cm³/mol. The number of hydrogen-bond donors (Lipinski definition) is 1. The maximum absolute atomic E-state index is 12.0. The summed E-state index contributed by atoms with van der Waals surface area (Å²) in [5.41, 5.74) is 0.910. The van der Waals surface area contributed by atoms with E-state index >= 15 is 0 Å². The van der Waals surface area contributed by atoms with E-state index in [9.17, 15) is 4.79 Å². The lowest BCUT2D eigenvalue weighted by Gasteiger charge is -2.39. The third-order valence-electron chi connectivity index (χ3n) is 5.10. The first kappa shape index (κ1) is 18.1. The Bertz CT molecular complexity index is 555. The van der Waals surface area contributed by atoms with Crippen LogP contribution in [0.3, 0.4) is 0 Å². The van der Waals surface area contributed by atoms with E-state index in [0.29, 0.717) is 6.04 Å². The first-order valence-corrected chi connectivity index (χ1v) is 9.72. The molecule has 4 nitrogen and oxygen atoms in total. The molecule has 0 saturated heterocycles. The highest BCUT2D eigenvalue weighted by molar-refractivity contribution is 5.68. The average Bonchev–Trinajstić information content (AvgIpc) is 3.37. The van der Waals surface area contributed by atoms with E-state index in [-0.39, 0.29) is 12.1 Å². The highest BCUT2D eigenvalue weighted by atomic mass is 16.6. The molecule has 0 spiro atoms. The summed E-state index contributed by atoms with van der Waals surface area (Å²) in [4.78, 5) is 14.6. The summed E-state index contributed by atoms with van der Waals surface area (Å²) >= 11 is 0. The Hall–Kier alpha value is -1.71. The van der Waals surface area contributed by atoms with Crippen LogP contribution in [-0.2, 0) is 4.74 Å². The molecule has 3 rings (SSSR count). The maximum atomic E-state index is 12.0. The molecular weight excluding hydrogens is 312 g/mol. The van der Waals surface area contributed by atoms with E-state index in [1.807, 2.05) is 20.8 Å². The standard InChI is InChI=1S/C21H32N2O2/c1-21(2,3)25-20(24)22-17-11-13-19(14-12-17)23(15-16-9-10-16)18-7-5-4-6-8-18/h4-8,16-17,19H,9-15H2,1-3H3,(H,22,24)/t17-,19+. The summed E-state index contributed by atoms with van der Waals surface area (Å²) in [7, 11) is 0. The number of carbonyl (C=O) groups excluding carboxylic acids is 1. The van der Waals surface area contributed by atoms with Crippen molar-refractivity contribution in [2.24, 2.45) is 5.92 Å². The van der Waals surface area contributed by atoms with E-state index in [0.717, 1.165) is 31.6 Å². The fourth-order valence-corrected chi connectivity index (χ4v) is 3.67. The van der Waals surface area contributed by atoms with E-state index in [1.54, 1.807) is 0 Å². The van der Waals surface area contributed by atoms with Gasteiger partial charge in [-0.15, -0.1) is 0 Å². The quantitative estimate of drug-likeness (QED) is 0.839. The van der Waals surface area contributed by atoms with Crippen LogP contribution >= 0.6 is 0 Å².